The zero-order valence-electron chi connectivity index (χ0n) is 14.6. The van der Waals surface area contributed by atoms with E-state index < -0.39 is 29.4 Å². The number of nitrogens with one attached hydrogen (secondary N) is 1. The number of benzene rings is 1. The van der Waals surface area contributed by atoms with Gasteiger partial charge >= 0.3 is 6.09 Å². The summed E-state index contributed by atoms with van der Waals surface area (Å²) in [6.45, 7) is 7.55. The van der Waals surface area contributed by atoms with Crippen LogP contribution in [-0.2, 0) is 4.74 Å². The Morgan fingerprint density at radius 1 is 1.29 bits per heavy atom. The van der Waals surface area contributed by atoms with Gasteiger partial charge in [-0.2, -0.15) is 0 Å². The lowest BCUT2D eigenvalue weighted by Crippen LogP contribution is -2.34. The van der Waals surface area contributed by atoms with Gasteiger partial charge in [-0.15, -0.1) is 0 Å². The SMILES string of the molecule is C[C@@H](NC(=O)OC(C)(C)C)c1cc(F)cc(F)c1OCCCCN. The fraction of sp³-hybridized carbons (Fsp3) is 0.588. The molecule has 0 aliphatic heterocycles. The number of rotatable bonds is 7. The Balaban J connectivity index is 2.89. The van der Waals surface area contributed by atoms with E-state index in [1.54, 1.807) is 27.7 Å². The summed E-state index contributed by atoms with van der Waals surface area (Å²) < 4.78 is 38.2. The normalized spacial score (nSPS) is 12.6. The molecular weight excluding hydrogens is 318 g/mol. The first-order valence-corrected chi connectivity index (χ1v) is 7.95. The summed E-state index contributed by atoms with van der Waals surface area (Å²) >= 11 is 0. The molecule has 0 unspecified atom stereocenters. The number of ether oxygens (including phenoxy) is 2. The van der Waals surface area contributed by atoms with Gasteiger partial charge in [-0.1, -0.05) is 0 Å². The van der Waals surface area contributed by atoms with Crippen molar-refractivity contribution in [3.63, 3.8) is 0 Å². The molecule has 3 N–H and O–H groups in total. The largest absolute Gasteiger partial charge is 0.490 e. The molecule has 0 aromatic heterocycles. The molecule has 24 heavy (non-hydrogen) atoms. The Morgan fingerprint density at radius 2 is 1.96 bits per heavy atom. The summed E-state index contributed by atoms with van der Waals surface area (Å²) in [6, 6.07) is 1.21. The second-order valence-corrected chi connectivity index (χ2v) is 6.52. The third-order valence-corrected chi connectivity index (χ3v) is 3.08. The molecule has 1 atom stereocenters. The maximum Gasteiger partial charge on any atom is 0.408 e. The van der Waals surface area contributed by atoms with E-state index in [2.05, 4.69) is 5.32 Å². The summed E-state index contributed by atoms with van der Waals surface area (Å²) in [5.74, 6) is -1.62. The highest BCUT2D eigenvalue weighted by atomic mass is 19.1. The predicted octanol–water partition coefficient (Wildman–Crippen LogP) is 3.67. The van der Waals surface area contributed by atoms with Gasteiger partial charge in [0.1, 0.15) is 11.4 Å². The predicted molar refractivity (Wildman–Crippen MR) is 87.9 cm³/mol. The van der Waals surface area contributed by atoms with E-state index in [-0.39, 0.29) is 17.9 Å². The van der Waals surface area contributed by atoms with Gasteiger partial charge in [0.15, 0.2) is 11.6 Å². The van der Waals surface area contributed by atoms with Crippen LogP contribution in [0.25, 0.3) is 0 Å². The molecule has 136 valence electrons. The van der Waals surface area contributed by atoms with Crippen LogP contribution in [0.2, 0.25) is 0 Å². The lowest BCUT2D eigenvalue weighted by Gasteiger charge is -2.23. The molecule has 0 radical (unpaired) electrons. The molecule has 0 fully saturated rings. The quantitative estimate of drug-likeness (QED) is 0.740. The van der Waals surface area contributed by atoms with Gasteiger partial charge in [0.25, 0.3) is 0 Å². The van der Waals surface area contributed by atoms with Gasteiger partial charge in [-0.25, -0.2) is 13.6 Å². The fourth-order valence-corrected chi connectivity index (χ4v) is 2.04. The fourth-order valence-electron chi connectivity index (χ4n) is 2.04. The van der Waals surface area contributed by atoms with Crippen LogP contribution < -0.4 is 15.8 Å². The van der Waals surface area contributed by atoms with E-state index in [0.717, 1.165) is 18.6 Å². The van der Waals surface area contributed by atoms with Gasteiger partial charge in [0.05, 0.1) is 12.6 Å². The summed E-state index contributed by atoms with van der Waals surface area (Å²) in [6.07, 6.45) is 0.721. The number of nitrogens with two attached hydrogens (primary N) is 1. The number of hydrogen-bond acceptors (Lipinski definition) is 4. The minimum atomic E-state index is -0.810. The van der Waals surface area contributed by atoms with Crippen molar-refractivity contribution in [3.05, 3.63) is 29.3 Å². The lowest BCUT2D eigenvalue weighted by molar-refractivity contribution is 0.0507. The van der Waals surface area contributed by atoms with Crippen LogP contribution in [0.5, 0.6) is 5.75 Å². The van der Waals surface area contributed by atoms with E-state index >= 15 is 0 Å². The lowest BCUT2D eigenvalue weighted by atomic mass is 10.1. The van der Waals surface area contributed by atoms with Crippen molar-refractivity contribution in [2.45, 2.75) is 52.2 Å². The Hall–Kier alpha value is -1.89. The first-order valence-electron chi connectivity index (χ1n) is 7.95. The molecule has 1 amide bonds. The Morgan fingerprint density at radius 3 is 2.54 bits per heavy atom. The Bertz CT molecular complexity index is 560. The highest BCUT2D eigenvalue weighted by Crippen LogP contribution is 2.30. The molecule has 1 aromatic rings. The highest BCUT2D eigenvalue weighted by molar-refractivity contribution is 5.68. The van der Waals surface area contributed by atoms with Crippen molar-refractivity contribution < 1.29 is 23.0 Å². The zero-order valence-corrected chi connectivity index (χ0v) is 14.6. The summed E-state index contributed by atoms with van der Waals surface area (Å²) in [7, 11) is 0. The first kappa shape index (κ1) is 20.2. The van der Waals surface area contributed by atoms with Crippen molar-refractivity contribution in [2.75, 3.05) is 13.2 Å². The monoisotopic (exact) mass is 344 g/mol. The number of hydrogen-bond donors (Lipinski definition) is 2. The molecule has 5 nitrogen and oxygen atoms in total. The van der Waals surface area contributed by atoms with Gasteiger partial charge in [0.2, 0.25) is 0 Å². The second kappa shape index (κ2) is 8.82. The molecule has 0 saturated heterocycles. The highest BCUT2D eigenvalue weighted by Gasteiger charge is 2.22. The number of alkyl carbamates (subject to hydrolysis) is 1. The molecule has 1 aromatic carbocycles. The molecule has 0 heterocycles. The Labute approximate surface area is 141 Å². The molecule has 0 saturated carbocycles. The van der Waals surface area contributed by atoms with Crippen molar-refractivity contribution in [3.8, 4) is 5.75 Å². The van der Waals surface area contributed by atoms with E-state index in [9.17, 15) is 13.6 Å². The molecule has 0 bridgehead atoms. The van der Waals surface area contributed by atoms with Crippen LogP contribution in [0, 0.1) is 11.6 Å². The van der Waals surface area contributed by atoms with E-state index in [1.165, 1.54) is 0 Å². The number of carbonyl (C=O) groups excluding carboxylic acids is 1. The maximum absolute atomic E-state index is 14.1. The molecule has 0 aliphatic rings. The number of carbonyl (C=O) groups is 1. The number of amides is 1. The third kappa shape index (κ3) is 6.70. The minimum Gasteiger partial charge on any atom is -0.490 e. The standard InChI is InChI=1S/C17H26F2N2O3/c1-11(21-16(22)24-17(2,3)4)13-9-12(18)10-14(19)15(13)23-8-6-5-7-20/h9-11H,5-8,20H2,1-4H3,(H,21,22)/t11-/m1/s1. The summed E-state index contributed by atoms with van der Waals surface area (Å²) in [5, 5.41) is 2.55. The van der Waals surface area contributed by atoms with Crippen LogP contribution in [0.15, 0.2) is 12.1 Å². The van der Waals surface area contributed by atoms with Crippen molar-refractivity contribution in [1.82, 2.24) is 5.32 Å². The van der Waals surface area contributed by atoms with Gasteiger partial charge in [-0.3, -0.25) is 0 Å². The summed E-state index contributed by atoms with van der Waals surface area (Å²) in [5.41, 5.74) is 4.95. The zero-order chi connectivity index (χ0) is 18.3. The van der Waals surface area contributed by atoms with Crippen molar-refractivity contribution in [2.24, 2.45) is 5.73 Å². The molecule has 0 spiro atoms. The van der Waals surface area contributed by atoms with E-state index in [1.807, 2.05) is 0 Å². The summed E-state index contributed by atoms with van der Waals surface area (Å²) in [4.78, 5) is 11.8. The van der Waals surface area contributed by atoms with Gasteiger partial charge in [-0.05, 0) is 53.1 Å². The maximum atomic E-state index is 14.1. The minimum absolute atomic E-state index is 0.0722. The average Bonchev–Trinajstić information content (AvgIpc) is 2.42. The van der Waals surface area contributed by atoms with Gasteiger partial charge < -0.3 is 20.5 Å². The topological polar surface area (TPSA) is 73.6 Å². The van der Waals surface area contributed by atoms with Crippen LogP contribution >= 0.6 is 0 Å². The number of halogens is 2. The molecule has 1 rings (SSSR count). The van der Waals surface area contributed by atoms with Crippen LogP contribution in [-0.4, -0.2) is 24.8 Å². The van der Waals surface area contributed by atoms with Crippen LogP contribution in [0.4, 0.5) is 13.6 Å². The van der Waals surface area contributed by atoms with Crippen LogP contribution in [0.1, 0.15) is 52.1 Å². The van der Waals surface area contributed by atoms with E-state index in [0.29, 0.717) is 13.0 Å². The third-order valence-electron chi connectivity index (χ3n) is 3.08. The average molecular weight is 344 g/mol. The van der Waals surface area contributed by atoms with Crippen molar-refractivity contribution >= 4 is 6.09 Å². The molecule has 0 aliphatic carbocycles. The van der Waals surface area contributed by atoms with Crippen LogP contribution in [0.3, 0.4) is 0 Å². The number of unbranched alkanes of at least 4 members (excludes halogenated alkanes) is 1. The molecule has 7 heteroatoms. The molecular formula is C17H26F2N2O3. The van der Waals surface area contributed by atoms with Crippen molar-refractivity contribution in [1.29, 1.82) is 0 Å². The Kier molecular flexibility index (Phi) is 7.41. The van der Waals surface area contributed by atoms with E-state index in [4.69, 9.17) is 15.2 Å². The smallest absolute Gasteiger partial charge is 0.408 e. The first-order chi connectivity index (χ1) is 11.1. The second-order valence-electron chi connectivity index (χ2n) is 6.52. The van der Waals surface area contributed by atoms with Gasteiger partial charge in [0, 0.05) is 11.6 Å².